The number of hydrogen-bond donors (Lipinski definition) is 1. The molecule has 0 aliphatic rings. The number of sulfonamides is 1. The van der Waals surface area contributed by atoms with Crippen LogP contribution in [0.5, 0.6) is 0 Å². The summed E-state index contributed by atoms with van der Waals surface area (Å²) < 4.78 is 23.3. The van der Waals surface area contributed by atoms with Crippen LogP contribution in [0.25, 0.3) is 0 Å². The van der Waals surface area contributed by atoms with E-state index in [-0.39, 0.29) is 6.04 Å². The zero-order valence-electron chi connectivity index (χ0n) is 5.88. The van der Waals surface area contributed by atoms with E-state index in [9.17, 15) is 8.42 Å². The molecule has 0 heterocycles. The topological polar surface area (TPSA) is 46.2 Å². The van der Waals surface area contributed by atoms with Gasteiger partial charge in [0.2, 0.25) is 10.0 Å². The summed E-state index contributed by atoms with van der Waals surface area (Å²) in [5.74, 6) is 0. The third-order valence-corrected chi connectivity index (χ3v) is 1.70. The third-order valence-electron chi connectivity index (χ3n) is 0.900. The number of nitrogens with one attached hydrogen (secondary N) is 1. The first-order valence-electron chi connectivity index (χ1n) is 2.72. The summed E-state index contributed by atoms with van der Waals surface area (Å²) in [5.41, 5.74) is 0. The second kappa shape index (κ2) is 3.17. The van der Waals surface area contributed by atoms with Crippen molar-refractivity contribution < 1.29 is 8.42 Å². The maximum Gasteiger partial charge on any atom is 0.208 e. The molecule has 4 heteroatoms. The smallest absolute Gasteiger partial charge is 0.208 e. The molecule has 1 atom stereocenters. The Morgan fingerprint density at radius 1 is 1.56 bits per heavy atom. The first-order valence-corrected chi connectivity index (χ1v) is 4.61. The minimum absolute atomic E-state index is 0.0694. The molecule has 0 saturated heterocycles. The standard InChI is InChI=1S/C5H12NO2S/c1-4-5(2)6-9(3,7)8/h4-6H,1-3H3. The molecule has 0 spiro atoms. The highest BCUT2D eigenvalue weighted by Crippen LogP contribution is 1.87. The molecule has 0 aromatic heterocycles. The predicted molar refractivity (Wildman–Crippen MR) is 37.4 cm³/mol. The Labute approximate surface area is 56.5 Å². The summed E-state index contributed by atoms with van der Waals surface area (Å²) in [6, 6.07) is -0.0694. The van der Waals surface area contributed by atoms with Gasteiger partial charge in [-0.2, -0.15) is 0 Å². The van der Waals surface area contributed by atoms with Gasteiger partial charge in [-0.15, -0.1) is 0 Å². The minimum atomic E-state index is -3.02. The van der Waals surface area contributed by atoms with Crippen LogP contribution in [0.3, 0.4) is 0 Å². The molecule has 0 bridgehead atoms. The molecular formula is C5H12NO2S. The largest absolute Gasteiger partial charge is 0.213 e. The number of hydrogen-bond acceptors (Lipinski definition) is 2. The van der Waals surface area contributed by atoms with E-state index in [1.54, 1.807) is 13.3 Å². The Balaban J connectivity index is 3.75. The van der Waals surface area contributed by atoms with Crippen molar-refractivity contribution in [3.63, 3.8) is 0 Å². The van der Waals surface area contributed by atoms with Crippen molar-refractivity contribution in [3.8, 4) is 0 Å². The van der Waals surface area contributed by atoms with Gasteiger partial charge >= 0.3 is 0 Å². The summed E-state index contributed by atoms with van der Waals surface area (Å²) in [6.45, 7) is 3.59. The Bertz CT molecular complexity index is 162. The first-order chi connectivity index (χ1) is 3.95. The van der Waals surface area contributed by atoms with E-state index in [0.29, 0.717) is 0 Å². The molecule has 0 aromatic carbocycles. The second-order valence-corrected chi connectivity index (χ2v) is 3.79. The van der Waals surface area contributed by atoms with E-state index < -0.39 is 10.0 Å². The molecule has 9 heavy (non-hydrogen) atoms. The van der Waals surface area contributed by atoms with Crippen LogP contribution in [-0.2, 0) is 10.0 Å². The highest BCUT2D eigenvalue weighted by atomic mass is 32.2. The van der Waals surface area contributed by atoms with Crippen molar-refractivity contribution in [1.82, 2.24) is 4.72 Å². The molecule has 0 fully saturated rings. The van der Waals surface area contributed by atoms with Gasteiger partial charge in [-0.1, -0.05) is 6.92 Å². The van der Waals surface area contributed by atoms with Crippen molar-refractivity contribution in [3.05, 3.63) is 6.42 Å². The van der Waals surface area contributed by atoms with Crippen LogP contribution in [0.1, 0.15) is 13.8 Å². The van der Waals surface area contributed by atoms with Crippen molar-refractivity contribution >= 4 is 10.0 Å². The van der Waals surface area contributed by atoms with E-state index in [2.05, 4.69) is 4.72 Å². The van der Waals surface area contributed by atoms with Gasteiger partial charge in [-0.25, -0.2) is 13.1 Å². The van der Waals surface area contributed by atoms with Crippen LogP contribution in [0, 0.1) is 6.42 Å². The van der Waals surface area contributed by atoms with E-state index in [1.165, 1.54) is 0 Å². The highest BCUT2D eigenvalue weighted by molar-refractivity contribution is 7.88. The summed E-state index contributed by atoms with van der Waals surface area (Å²) in [4.78, 5) is 0. The van der Waals surface area contributed by atoms with Crippen LogP contribution in [0.4, 0.5) is 0 Å². The molecule has 0 aliphatic heterocycles. The fourth-order valence-electron chi connectivity index (χ4n) is 0.406. The van der Waals surface area contributed by atoms with Crippen LogP contribution in [-0.4, -0.2) is 20.7 Å². The molecule has 0 amide bonds. The van der Waals surface area contributed by atoms with Crippen LogP contribution >= 0.6 is 0 Å². The Morgan fingerprint density at radius 3 is 2.11 bits per heavy atom. The zero-order chi connectivity index (χ0) is 7.49. The molecule has 0 aliphatic carbocycles. The fourth-order valence-corrected chi connectivity index (χ4v) is 1.22. The second-order valence-electron chi connectivity index (χ2n) is 2.01. The lowest BCUT2D eigenvalue weighted by atomic mass is 10.3. The van der Waals surface area contributed by atoms with Gasteiger partial charge in [0.1, 0.15) is 0 Å². The molecule has 0 rings (SSSR count). The molecule has 0 aromatic rings. The third kappa shape index (κ3) is 5.79. The van der Waals surface area contributed by atoms with Gasteiger partial charge in [0.05, 0.1) is 6.26 Å². The quantitative estimate of drug-likeness (QED) is 0.622. The predicted octanol–water partition coefficient (Wildman–Crippen LogP) is 0.148. The Kier molecular flexibility index (Phi) is 3.14. The lowest BCUT2D eigenvalue weighted by Crippen LogP contribution is -2.31. The van der Waals surface area contributed by atoms with Crippen LogP contribution in [0.15, 0.2) is 0 Å². The van der Waals surface area contributed by atoms with E-state index in [1.807, 2.05) is 6.92 Å². The monoisotopic (exact) mass is 150 g/mol. The van der Waals surface area contributed by atoms with Crippen molar-refractivity contribution in [2.45, 2.75) is 19.9 Å². The Hall–Kier alpha value is -0.0900. The normalized spacial score (nSPS) is 15.4. The lowest BCUT2D eigenvalue weighted by molar-refractivity contribution is 0.578. The van der Waals surface area contributed by atoms with Gasteiger partial charge in [0, 0.05) is 6.04 Å². The summed E-state index contributed by atoms with van der Waals surface area (Å²) in [5, 5.41) is 0. The summed E-state index contributed by atoms with van der Waals surface area (Å²) in [7, 11) is -3.02. The summed E-state index contributed by atoms with van der Waals surface area (Å²) >= 11 is 0. The highest BCUT2D eigenvalue weighted by Gasteiger charge is 2.04. The SMILES string of the molecule is C[CH]C(C)NS(C)(=O)=O. The van der Waals surface area contributed by atoms with Gasteiger partial charge in [-0.3, -0.25) is 0 Å². The average Bonchev–Trinajstić information content (AvgIpc) is 1.62. The maximum atomic E-state index is 10.5. The molecule has 1 radical (unpaired) electrons. The number of rotatable bonds is 3. The average molecular weight is 150 g/mol. The molecule has 3 nitrogen and oxygen atoms in total. The maximum absolute atomic E-state index is 10.5. The molecule has 1 unspecified atom stereocenters. The minimum Gasteiger partial charge on any atom is -0.213 e. The van der Waals surface area contributed by atoms with E-state index >= 15 is 0 Å². The van der Waals surface area contributed by atoms with Crippen LogP contribution < -0.4 is 4.72 Å². The molecule has 0 saturated carbocycles. The fraction of sp³-hybridized carbons (Fsp3) is 0.800. The molecular weight excluding hydrogens is 138 g/mol. The van der Waals surface area contributed by atoms with Gasteiger partial charge in [0.15, 0.2) is 0 Å². The van der Waals surface area contributed by atoms with E-state index in [4.69, 9.17) is 0 Å². The lowest BCUT2D eigenvalue weighted by Gasteiger charge is -2.06. The van der Waals surface area contributed by atoms with Crippen LogP contribution in [0.2, 0.25) is 0 Å². The van der Waals surface area contributed by atoms with Gasteiger partial charge in [0.25, 0.3) is 0 Å². The van der Waals surface area contributed by atoms with Gasteiger partial charge in [-0.05, 0) is 13.3 Å². The molecule has 55 valence electrons. The van der Waals surface area contributed by atoms with Crippen molar-refractivity contribution in [2.75, 3.05) is 6.26 Å². The first kappa shape index (κ1) is 8.91. The van der Waals surface area contributed by atoms with E-state index in [0.717, 1.165) is 6.26 Å². The zero-order valence-corrected chi connectivity index (χ0v) is 6.70. The van der Waals surface area contributed by atoms with Crippen molar-refractivity contribution in [2.24, 2.45) is 0 Å². The van der Waals surface area contributed by atoms with Crippen molar-refractivity contribution in [1.29, 1.82) is 0 Å². The summed E-state index contributed by atoms with van der Waals surface area (Å²) in [6.07, 6.45) is 2.92. The van der Waals surface area contributed by atoms with Gasteiger partial charge < -0.3 is 0 Å². The Morgan fingerprint density at radius 2 is 2.00 bits per heavy atom. The molecule has 1 N–H and O–H groups in total.